The van der Waals surface area contributed by atoms with Crippen LogP contribution in [0.4, 0.5) is 8.78 Å². The molecular formula is C13H16F2N2O. The van der Waals surface area contributed by atoms with Gasteiger partial charge >= 0.3 is 0 Å². The molecular weight excluding hydrogens is 238 g/mol. The zero-order valence-corrected chi connectivity index (χ0v) is 10.2. The zero-order valence-electron chi connectivity index (χ0n) is 10.2. The van der Waals surface area contributed by atoms with Crippen molar-refractivity contribution in [1.29, 1.82) is 0 Å². The van der Waals surface area contributed by atoms with Gasteiger partial charge in [0.25, 0.3) is 5.91 Å². The third-order valence-corrected chi connectivity index (χ3v) is 3.24. The molecule has 18 heavy (non-hydrogen) atoms. The standard InChI is InChI=1S/C13H16F2N2O/c1-17-7-5-9(6-8-17)16-13(18)12-10(14)3-2-4-11(12)15/h2-4,9H,5-8H2,1H3,(H,16,18). The first kappa shape index (κ1) is 13.0. The average molecular weight is 254 g/mol. The normalized spacial score (nSPS) is 17.7. The minimum absolute atomic E-state index is 0.00675. The van der Waals surface area contributed by atoms with Gasteiger partial charge in [-0.3, -0.25) is 4.79 Å². The first-order chi connectivity index (χ1) is 8.58. The van der Waals surface area contributed by atoms with Crippen LogP contribution in [0.15, 0.2) is 18.2 Å². The van der Waals surface area contributed by atoms with E-state index in [0.717, 1.165) is 38.1 Å². The number of nitrogens with zero attached hydrogens (tertiary/aromatic N) is 1. The molecule has 1 aromatic carbocycles. The summed E-state index contributed by atoms with van der Waals surface area (Å²) in [4.78, 5) is 14.0. The van der Waals surface area contributed by atoms with Crippen molar-refractivity contribution < 1.29 is 13.6 Å². The number of carbonyl (C=O) groups excluding carboxylic acids is 1. The molecule has 98 valence electrons. The lowest BCUT2D eigenvalue weighted by molar-refractivity contribution is 0.0908. The second-order valence-corrected chi connectivity index (χ2v) is 4.65. The monoisotopic (exact) mass is 254 g/mol. The SMILES string of the molecule is CN1CCC(NC(=O)c2c(F)cccc2F)CC1. The highest BCUT2D eigenvalue weighted by atomic mass is 19.1. The fraction of sp³-hybridized carbons (Fsp3) is 0.462. The van der Waals surface area contributed by atoms with Crippen LogP contribution >= 0.6 is 0 Å². The van der Waals surface area contributed by atoms with Gasteiger partial charge in [-0.2, -0.15) is 0 Å². The van der Waals surface area contributed by atoms with Crippen LogP contribution < -0.4 is 5.32 Å². The van der Waals surface area contributed by atoms with Gasteiger partial charge in [0, 0.05) is 6.04 Å². The average Bonchev–Trinajstić information content (AvgIpc) is 2.32. The fourth-order valence-electron chi connectivity index (χ4n) is 2.13. The molecule has 0 bridgehead atoms. The van der Waals surface area contributed by atoms with Crippen LogP contribution in [-0.2, 0) is 0 Å². The third-order valence-electron chi connectivity index (χ3n) is 3.24. The van der Waals surface area contributed by atoms with Gasteiger partial charge in [0.15, 0.2) is 0 Å². The molecule has 1 aliphatic rings. The summed E-state index contributed by atoms with van der Waals surface area (Å²) < 4.78 is 26.8. The van der Waals surface area contributed by atoms with Crippen molar-refractivity contribution in [3.05, 3.63) is 35.4 Å². The van der Waals surface area contributed by atoms with Crippen LogP contribution in [-0.4, -0.2) is 37.0 Å². The van der Waals surface area contributed by atoms with Crippen molar-refractivity contribution in [2.45, 2.75) is 18.9 Å². The molecule has 0 atom stereocenters. The van der Waals surface area contributed by atoms with Crippen molar-refractivity contribution in [2.75, 3.05) is 20.1 Å². The molecule has 2 rings (SSSR count). The van der Waals surface area contributed by atoms with Gasteiger partial charge in [-0.25, -0.2) is 8.78 Å². The summed E-state index contributed by atoms with van der Waals surface area (Å²) in [6, 6.07) is 3.42. The second kappa shape index (κ2) is 5.44. The predicted octanol–water partition coefficient (Wildman–Crippen LogP) is 1.79. The Morgan fingerprint density at radius 1 is 1.28 bits per heavy atom. The van der Waals surface area contributed by atoms with Crippen molar-refractivity contribution in [3.63, 3.8) is 0 Å². The molecule has 1 aromatic rings. The molecule has 0 spiro atoms. The van der Waals surface area contributed by atoms with Gasteiger partial charge in [0.05, 0.1) is 0 Å². The topological polar surface area (TPSA) is 32.3 Å². The molecule has 1 amide bonds. The van der Waals surface area contributed by atoms with Gasteiger partial charge in [-0.05, 0) is 45.1 Å². The van der Waals surface area contributed by atoms with E-state index in [4.69, 9.17) is 0 Å². The second-order valence-electron chi connectivity index (χ2n) is 4.65. The molecule has 5 heteroatoms. The van der Waals surface area contributed by atoms with Crippen molar-refractivity contribution in [3.8, 4) is 0 Å². The van der Waals surface area contributed by atoms with Gasteiger partial charge in [-0.1, -0.05) is 6.07 Å². The van der Waals surface area contributed by atoms with E-state index < -0.39 is 23.1 Å². The van der Waals surface area contributed by atoms with E-state index in [-0.39, 0.29) is 6.04 Å². The molecule has 0 unspecified atom stereocenters. The van der Waals surface area contributed by atoms with Crippen molar-refractivity contribution in [2.24, 2.45) is 0 Å². The smallest absolute Gasteiger partial charge is 0.257 e. The van der Waals surface area contributed by atoms with Crippen LogP contribution in [0, 0.1) is 11.6 Å². The minimum Gasteiger partial charge on any atom is -0.349 e. The number of piperidine rings is 1. The molecule has 1 aliphatic heterocycles. The first-order valence-electron chi connectivity index (χ1n) is 6.01. The van der Waals surface area contributed by atoms with Gasteiger partial charge < -0.3 is 10.2 Å². The molecule has 1 N–H and O–H groups in total. The summed E-state index contributed by atoms with van der Waals surface area (Å²) in [5.41, 5.74) is -0.489. The Morgan fingerprint density at radius 3 is 2.39 bits per heavy atom. The van der Waals surface area contributed by atoms with Crippen LogP contribution in [0.3, 0.4) is 0 Å². The largest absolute Gasteiger partial charge is 0.349 e. The summed E-state index contributed by atoms with van der Waals surface area (Å²) >= 11 is 0. The summed E-state index contributed by atoms with van der Waals surface area (Å²) in [5, 5.41) is 2.69. The molecule has 0 radical (unpaired) electrons. The zero-order chi connectivity index (χ0) is 13.1. The summed E-state index contributed by atoms with van der Waals surface area (Å²) in [7, 11) is 2.01. The lowest BCUT2D eigenvalue weighted by Crippen LogP contribution is -2.43. The third kappa shape index (κ3) is 2.85. The molecule has 0 aliphatic carbocycles. The van der Waals surface area contributed by atoms with Gasteiger partial charge in [-0.15, -0.1) is 0 Å². The van der Waals surface area contributed by atoms with E-state index in [2.05, 4.69) is 10.2 Å². The van der Waals surface area contributed by atoms with Crippen molar-refractivity contribution in [1.82, 2.24) is 10.2 Å². The Balaban J connectivity index is 2.04. The number of hydrogen-bond acceptors (Lipinski definition) is 2. The van der Waals surface area contributed by atoms with E-state index in [1.165, 1.54) is 6.07 Å². The quantitative estimate of drug-likeness (QED) is 0.872. The van der Waals surface area contributed by atoms with E-state index in [1.807, 2.05) is 7.05 Å². The Hall–Kier alpha value is -1.49. The highest BCUT2D eigenvalue weighted by Gasteiger charge is 2.22. The highest BCUT2D eigenvalue weighted by Crippen LogP contribution is 2.14. The molecule has 1 heterocycles. The van der Waals surface area contributed by atoms with E-state index in [0.29, 0.717) is 0 Å². The fourth-order valence-corrected chi connectivity index (χ4v) is 2.13. The number of hydrogen-bond donors (Lipinski definition) is 1. The number of amides is 1. The lowest BCUT2D eigenvalue weighted by atomic mass is 10.0. The maximum Gasteiger partial charge on any atom is 0.257 e. The number of nitrogens with one attached hydrogen (secondary N) is 1. The Kier molecular flexibility index (Phi) is 3.91. The first-order valence-corrected chi connectivity index (χ1v) is 6.01. The van der Waals surface area contributed by atoms with E-state index in [9.17, 15) is 13.6 Å². The predicted molar refractivity (Wildman–Crippen MR) is 64.3 cm³/mol. The van der Waals surface area contributed by atoms with Gasteiger partial charge in [0.2, 0.25) is 0 Å². The Labute approximate surface area is 105 Å². The van der Waals surface area contributed by atoms with Gasteiger partial charge in [0.1, 0.15) is 17.2 Å². The maximum atomic E-state index is 13.4. The molecule has 1 fully saturated rings. The maximum absolute atomic E-state index is 13.4. The molecule has 0 saturated carbocycles. The van der Waals surface area contributed by atoms with Crippen LogP contribution in [0.25, 0.3) is 0 Å². The van der Waals surface area contributed by atoms with Crippen LogP contribution in [0.5, 0.6) is 0 Å². The van der Waals surface area contributed by atoms with Crippen LogP contribution in [0.1, 0.15) is 23.2 Å². The lowest BCUT2D eigenvalue weighted by Gasteiger charge is -2.29. The molecule has 3 nitrogen and oxygen atoms in total. The molecule has 1 saturated heterocycles. The van der Waals surface area contributed by atoms with E-state index >= 15 is 0 Å². The number of rotatable bonds is 2. The minimum atomic E-state index is -0.819. The summed E-state index contributed by atoms with van der Waals surface area (Å²) in [6.07, 6.45) is 1.61. The summed E-state index contributed by atoms with van der Waals surface area (Å²) in [6.45, 7) is 1.76. The highest BCUT2D eigenvalue weighted by molar-refractivity contribution is 5.94. The van der Waals surface area contributed by atoms with Crippen LogP contribution in [0.2, 0.25) is 0 Å². The molecule has 0 aromatic heterocycles. The number of likely N-dealkylation sites (tertiary alicyclic amines) is 1. The Bertz CT molecular complexity index is 422. The number of halogens is 2. The van der Waals surface area contributed by atoms with Crippen molar-refractivity contribution >= 4 is 5.91 Å². The number of carbonyl (C=O) groups is 1. The summed E-state index contributed by atoms with van der Waals surface area (Å²) in [5.74, 6) is -2.30. The Morgan fingerprint density at radius 2 is 1.83 bits per heavy atom. The number of benzene rings is 1. The van der Waals surface area contributed by atoms with E-state index in [1.54, 1.807) is 0 Å².